The second-order valence-corrected chi connectivity index (χ2v) is 14.9. The first kappa shape index (κ1) is 54.6. The predicted octanol–water partition coefficient (Wildman–Crippen LogP) is 9.97. The molecule has 0 saturated heterocycles. The van der Waals surface area contributed by atoms with Gasteiger partial charge in [0.2, 0.25) is 0 Å². The van der Waals surface area contributed by atoms with Gasteiger partial charge in [0.25, 0.3) is 0 Å². The van der Waals surface area contributed by atoms with E-state index < -0.39 is 57.9 Å². The number of allylic oxidation sites excluding steroid dienone is 16. The maximum Gasteiger partial charge on any atom is 0.472 e. The van der Waals surface area contributed by atoms with Crippen LogP contribution in [0, 0.1) is 0 Å². The zero-order valence-corrected chi connectivity index (χ0v) is 36.0. The molecule has 4 N–H and O–H groups in total. The number of unbranched alkanes of at least 4 members (excludes halogenated alkanes) is 5. The van der Waals surface area contributed by atoms with Crippen molar-refractivity contribution in [2.75, 3.05) is 26.4 Å². The molecule has 0 rings (SSSR count). The van der Waals surface area contributed by atoms with Crippen LogP contribution in [0.3, 0.4) is 0 Å². The van der Waals surface area contributed by atoms with Crippen LogP contribution in [0.4, 0.5) is 0 Å². The summed E-state index contributed by atoms with van der Waals surface area (Å²) in [7, 11) is -4.66. The molecule has 328 valence electrons. The third-order valence-electron chi connectivity index (χ3n) is 7.99. The van der Waals surface area contributed by atoms with E-state index in [4.69, 9.17) is 19.1 Å². The van der Waals surface area contributed by atoms with Crippen molar-refractivity contribution in [2.45, 2.75) is 141 Å². The molecule has 0 radical (unpaired) electrons. The molecule has 0 saturated carbocycles. The van der Waals surface area contributed by atoms with Gasteiger partial charge >= 0.3 is 19.8 Å². The van der Waals surface area contributed by atoms with Crippen molar-refractivity contribution in [1.29, 1.82) is 0 Å². The number of ether oxygens (including phenoxy) is 2. The molecule has 0 heterocycles. The number of phosphoric acid groups is 1. The Morgan fingerprint density at radius 2 is 1.10 bits per heavy atom. The van der Waals surface area contributed by atoms with E-state index >= 15 is 0 Å². The Morgan fingerprint density at radius 1 is 0.603 bits per heavy atom. The van der Waals surface area contributed by atoms with Crippen LogP contribution in [0.2, 0.25) is 0 Å². The predicted molar refractivity (Wildman–Crippen MR) is 234 cm³/mol. The van der Waals surface area contributed by atoms with Crippen molar-refractivity contribution >= 4 is 19.8 Å². The molecule has 58 heavy (non-hydrogen) atoms. The number of rotatable bonds is 37. The fourth-order valence-corrected chi connectivity index (χ4v) is 5.53. The number of carbonyl (C=O) groups is 2. The third-order valence-corrected chi connectivity index (χ3v) is 8.94. The van der Waals surface area contributed by atoms with Crippen molar-refractivity contribution < 1.29 is 52.9 Å². The van der Waals surface area contributed by atoms with Gasteiger partial charge in [0.1, 0.15) is 12.7 Å². The molecule has 2 unspecified atom stereocenters. The van der Waals surface area contributed by atoms with Gasteiger partial charge in [0.15, 0.2) is 6.10 Å². The molecule has 0 aromatic heterocycles. The van der Waals surface area contributed by atoms with Gasteiger partial charge in [0.05, 0.1) is 25.9 Å². The number of aliphatic hydroxyl groups is 3. The lowest BCUT2D eigenvalue weighted by Crippen LogP contribution is -2.29. The van der Waals surface area contributed by atoms with E-state index in [-0.39, 0.29) is 19.4 Å². The van der Waals surface area contributed by atoms with E-state index in [1.54, 1.807) is 6.08 Å². The first-order chi connectivity index (χ1) is 28.1. The molecule has 0 fully saturated rings. The summed E-state index contributed by atoms with van der Waals surface area (Å²) in [6.45, 7) is 1.94. The minimum Gasteiger partial charge on any atom is -0.462 e. The molecule has 0 bridgehead atoms. The average Bonchev–Trinajstić information content (AvgIpc) is 3.21. The maximum atomic E-state index is 12.6. The van der Waals surface area contributed by atoms with Gasteiger partial charge < -0.3 is 29.7 Å². The lowest BCUT2D eigenvalue weighted by molar-refractivity contribution is -0.161. The average molecular weight is 833 g/mol. The summed E-state index contributed by atoms with van der Waals surface area (Å²) in [6.07, 6.45) is 46.9. The highest BCUT2D eigenvalue weighted by Crippen LogP contribution is 2.43. The third kappa shape index (κ3) is 39.4. The van der Waals surface area contributed by atoms with Gasteiger partial charge in [-0.3, -0.25) is 18.6 Å². The molecule has 0 aliphatic heterocycles. The van der Waals surface area contributed by atoms with Crippen LogP contribution >= 0.6 is 7.82 Å². The summed E-state index contributed by atoms with van der Waals surface area (Å²) in [5.41, 5.74) is 0. The van der Waals surface area contributed by atoms with E-state index in [9.17, 15) is 29.3 Å². The lowest BCUT2D eigenvalue weighted by atomic mass is 10.2. The number of esters is 2. The van der Waals surface area contributed by atoms with Gasteiger partial charge in [-0.05, 0) is 83.5 Å². The Hall–Kier alpha value is -3.41. The van der Waals surface area contributed by atoms with Crippen molar-refractivity contribution in [3.05, 3.63) is 109 Å². The van der Waals surface area contributed by atoms with Gasteiger partial charge in [0, 0.05) is 12.8 Å². The molecular formula is C46H73O11P. The Bertz CT molecular complexity index is 1340. The molecule has 11 nitrogen and oxygen atoms in total. The standard InChI is InChI=1S/C46H73O11P/c1-3-5-7-8-9-10-11-12-13-14-15-16-21-24-27-30-33-37-46(51)57-44(41-56-58(52,53)55-39-43(49)38-47)40-54-45(50)36-32-29-26-23-20-18-17-19-22-25-28-31-35-42(48)34-6-4-2/h6,9-10,12-13,15-18,22-28,31,34,42-44,47-49H,3-5,7-8,11,14,19-21,29-30,32-33,35-41H2,1-2H3,(H,52,53)/b10-9-,13-12-,16-15-,18-17-,25-22-,26-23-,27-24-,31-28+,34-6-/t42?,43-,44+/m0/s1. The monoisotopic (exact) mass is 832 g/mol. The van der Waals surface area contributed by atoms with Crippen LogP contribution in [0.15, 0.2) is 109 Å². The van der Waals surface area contributed by atoms with Crippen molar-refractivity contribution in [3.8, 4) is 0 Å². The topological polar surface area (TPSA) is 169 Å². The summed E-state index contributed by atoms with van der Waals surface area (Å²) >= 11 is 0. The van der Waals surface area contributed by atoms with Crippen molar-refractivity contribution in [2.24, 2.45) is 0 Å². The Morgan fingerprint density at radius 3 is 1.66 bits per heavy atom. The second-order valence-electron chi connectivity index (χ2n) is 13.5. The maximum absolute atomic E-state index is 12.6. The molecule has 0 aliphatic rings. The van der Waals surface area contributed by atoms with Crippen LogP contribution in [-0.4, -0.2) is 76.9 Å². The molecule has 12 heteroatoms. The summed E-state index contributed by atoms with van der Waals surface area (Å²) in [6, 6.07) is 0. The fraction of sp³-hybridized carbons (Fsp3) is 0.565. The summed E-state index contributed by atoms with van der Waals surface area (Å²) in [4.78, 5) is 34.9. The Kier molecular flexibility index (Phi) is 38.0. The van der Waals surface area contributed by atoms with Gasteiger partial charge in [-0.15, -0.1) is 0 Å². The second kappa shape index (κ2) is 40.4. The molecule has 0 spiro atoms. The number of hydrogen-bond donors (Lipinski definition) is 4. The van der Waals surface area contributed by atoms with Crippen molar-refractivity contribution in [3.63, 3.8) is 0 Å². The van der Waals surface area contributed by atoms with Gasteiger partial charge in [-0.2, -0.15) is 0 Å². The quantitative estimate of drug-likeness (QED) is 0.0155. The van der Waals surface area contributed by atoms with Crippen LogP contribution in [0.1, 0.15) is 123 Å². The normalized spacial score (nSPS) is 15.5. The van der Waals surface area contributed by atoms with Gasteiger partial charge in [-0.25, -0.2) is 4.57 Å². The molecule has 0 aromatic rings. The molecule has 0 amide bonds. The molecular weight excluding hydrogens is 759 g/mol. The smallest absolute Gasteiger partial charge is 0.462 e. The largest absolute Gasteiger partial charge is 0.472 e. The highest BCUT2D eigenvalue weighted by molar-refractivity contribution is 7.47. The zero-order chi connectivity index (χ0) is 42.8. The van der Waals surface area contributed by atoms with Crippen LogP contribution in [-0.2, 0) is 32.7 Å². The zero-order valence-electron chi connectivity index (χ0n) is 35.1. The minimum atomic E-state index is -4.66. The SMILES string of the molecule is CC/C=C\C(O)C/C=C/C=C\C/C=C\C/C=C\CCCC(=O)OC[C@H](COP(=O)(O)OC[C@@H](O)CO)OC(=O)CCC/C=C\C/C=C\C/C=C\C/C=C\CCCCC. The first-order valence-electron chi connectivity index (χ1n) is 21.0. The van der Waals surface area contributed by atoms with Crippen LogP contribution in [0.5, 0.6) is 0 Å². The van der Waals surface area contributed by atoms with Crippen molar-refractivity contribution in [1.82, 2.24) is 0 Å². The van der Waals surface area contributed by atoms with E-state index in [0.717, 1.165) is 44.9 Å². The number of hydrogen-bond acceptors (Lipinski definition) is 10. The summed E-state index contributed by atoms with van der Waals surface area (Å²) < 4.78 is 32.5. The van der Waals surface area contributed by atoms with Crippen LogP contribution < -0.4 is 0 Å². The highest BCUT2D eigenvalue weighted by Gasteiger charge is 2.27. The fourth-order valence-electron chi connectivity index (χ4n) is 4.75. The lowest BCUT2D eigenvalue weighted by Gasteiger charge is -2.20. The number of phosphoric ester groups is 1. The molecule has 4 atom stereocenters. The van der Waals surface area contributed by atoms with E-state index in [2.05, 4.69) is 60.1 Å². The van der Waals surface area contributed by atoms with E-state index in [0.29, 0.717) is 32.1 Å². The number of carbonyl (C=O) groups excluding carboxylic acids is 2. The summed E-state index contributed by atoms with van der Waals surface area (Å²) in [5, 5.41) is 28.1. The van der Waals surface area contributed by atoms with Gasteiger partial charge in [-0.1, -0.05) is 136 Å². The minimum absolute atomic E-state index is 0.0806. The highest BCUT2D eigenvalue weighted by atomic mass is 31.2. The Labute approximate surface area is 348 Å². The van der Waals surface area contributed by atoms with E-state index in [1.807, 2.05) is 61.6 Å². The van der Waals surface area contributed by atoms with E-state index in [1.165, 1.54) is 19.3 Å². The number of aliphatic hydroxyl groups excluding tert-OH is 3. The van der Waals surface area contributed by atoms with Crippen LogP contribution in [0.25, 0.3) is 0 Å². The first-order valence-corrected chi connectivity index (χ1v) is 22.4. The molecule has 0 aromatic carbocycles. The Balaban J connectivity index is 4.57. The molecule has 0 aliphatic carbocycles. The summed E-state index contributed by atoms with van der Waals surface area (Å²) in [5.74, 6) is -1.10.